The van der Waals surface area contributed by atoms with Gasteiger partial charge in [0.1, 0.15) is 0 Å². The van der Waals surface area contributed by atoms with Crippen molar-refractivity contribution >= 4 is 34.9 Å². The zero-order valence-corrected chi connectivity index (χ0v) is 12.5. The molecule has 0 fully saturated rings. The maximum Gasteiger partial charge on any atom is 0.175 e. The standard InChI is InChI=1S/C10H19N3S3/c1-4-6-8(11-5-2)7-15-10-13-12-9(14-3)16-10/h8,11H,4-7H2,1-3H3. The van der Waals surface area contributed by atoms with E-state index in [4.69, 9.17) is 0 Å². The lowest BCUT2D eigenvalue weighted by molar-refractivity contribution is 0.531. The third-order valence-electron chi connectivity index (χ3n) is 2.10. The van der Waals surface area contributed by atoms with Gasteiger partial charge in [0.25, 0.3) is 0 Å². The molecule has 1 aromatic heterocycles. The second-order valence-electron chi connectivity index (χ2n) is 3.39. The Labute approximate surface area is 110 Å². The first-order chi connectivity index (χ1) is 7.80. The third kappa shape index (κ3) is 5.03. The molecule has 0 saturated carbocycles. The zero-order valence-electron chi connectivity index (χ0n) is 10.0. The lowest BCUT2D eigenvalue weighted by Crippen LogP contribution is -2.30. The summed E-state index contributed by atoms with van der Waals surface area (Å²) in [5, 5.41) is 11.8. The van der Waals surface area contributed by atoms with Crippen molar-refractivity contribution in [3.63, 3.8) is 0 Å². The van der Waals surface area contributed by atoms with E-state index in [1.54, 1.807) is 23.1 Å². The summed E-state index contributed by atoms with van der Waals surface area (Å²) in [6.07, 6.45) is 4.49. The molecule has 1 unspecified atom stereocenters. The highest BCUT2D eigenvalue weighted by Gasteiger charge is 2.09. The van der Waals surface area contributed by atoms with Crippen LogP contribution in [0.15, 0.2) is 8.68 Å². The Morgan fingerprint density at radius 1 is 1.31 bits per heavy atom. The highest BCUT2D eigenvalue weighted by atomic mass is 32.2. The second kappa shape index (κ2) is 8.33. The molecule has 1 heterocycles. The van der Waals surface area contributed by atoms with Gasteiger partial charge in [-0.25, -0.2) is 0 Å². The monoisotopic (exact) mass is 277 g/mol. The highest BCUT2D eigenvalue weighted by Crippen LogP contribution is 2.27. The number of nitrogens with one attached hydrogen (secondary N) is 1. The van der Waals surface area contributed by atoms with Crippen LogP contribution in [0.2, 0.25) is 0 Å². The number of rotatable bonds is 8. The number of hydrogen-bond acceptors (Lipinski definition) is 6. The topological polar surface area (TPSA) is 37.8 Å². The first-order valence-corrected chi connectivity index (χ1v) is 8.56. The van der Waals surface area contributed by atoms with Gasteiger partial charge < -0.3 is 5.32 Å². The molecule has 0 bridgehead atoms. The maximum atomic E-state index is 4.16. The van der Waals surface area contributed by atoms with Crippen molar-refractivity contribution < 1.29 is 0 Å². The lowest BCUT2D eigenvalue weighted by Gasteiger charge is -2.15. The van der Waals surface area contributed by atoms with Crippen molar-refractivity contribution in [1.82, 2.24) is 15.5 Å². The van der Waals surface area contributed by atoms with E-state index in [1.807, 2.05) is 18.0 Å². The van der Waals surface area contributed by atoms with Crippen LogP contribution < -0.4 is 5.32 Å². The van der Waals surface area contributed by atoms with E-state index >= 15 is 0 Å². The van der Waals surface area contributed by atoms with Crippen LogP contribution in [0.5, 0.6) is 0 Å². The van der Waals surface area contributed by atoms with Crippen LogP contribution in [0.25, 0.3) is 0 Å². The molecule has 6 heteroatoms. The van der Waals surface area contributed by atoms with Crippen LogP contribution in [-0.4, -0.2) is 34.8 Å². The molecule has 0 aliphatic rings. The number of hydrogen-bond donors (Lipinski definition) is 1. The molecule has 3 nitrogen and oxygen atoms in total. The molecule has 92 valence electrons. The van der Waals surface area contributed by atoms with E-state index in [1.165, 1.54) is 12.8 Å². The van der Waals surface area contributed by atoms with Crippen molar-refractivity contribution in [3.05, 3.63) is 0 Å². The fourth-order valence-corrected chi connectivity index (χ4v) is 3.96. The molecular formula is C10H19N3S3. The zero-order chi connectivity index (χ0) is 11.8. The van der Waals surface area contributed by atoms with Gasteiger partial charge in [0.2, 0.25) is 0 Å². The fourth-order valence-electron chi connectivity index (χ4n) is 1.39. The molecular weight excluding hydrogens is 258 g/mol. The molecule has 1 aromatic rings. The van der Waals surface area contributed by atoms with Crippen LogP contribution in [0.3, 0.4) is 0 Å². The van der Waals surface area contributed by atoms with Crippen molar-refractivity contribution in [2.45, 2.75) is 41.4 Å². The van der Waals surface area contributed by atoms with Gasteiger partial charge in [-0.05, 0) is 19.2 Å². The summed E-state index contributed by atoms with van der Waals surface area (Å²) in [7, 11) is 0. The molecule has 0 radical (unpaired) electrons. The van der Waals surface area contributed by atoms with Crippen molar-refractivity contribution in [3.8, 4) is 0 Å². The molecule has 0 aliphatic heterocycles. The predicted octanol–water partition coefficient (Wildman–Crippen LogP) is 3.13. The van der Waals surface area contributed by atoms with Crippen LogP contribution in [0.4, 0.5) is 0 Å². The number of thioether (sulfide) groups is 2. The molecule has 0 amide bonds. The van der Waals surface area contributed by atoms with Gasteiger partial charge in [0.15, 0.2) is 8.68 Å². The molecule has 0 saturated heterocycles. The van der Waals surface area contributed by atoms with Gasteiger partial charge in [-0.1, -0.05) is 55.1 Å². The largest absolute Gasteiger partial charge is 0.313 e. The average molecular weight is 277 g/mol. The average Bonchev–Trinajstić information content (AvgIpc) is 2.74. The molecule has 1 rings (SSSR count). The minimum absolute atomic E-state index is 0.599. The summed E-state index contributed by atoms with van der Waals surface area (Å²) in [5.74, 6) is 1.09. The van der Waals surface area contributed by atoms with E-state index in [-0.39, 0.29) is 0 Å². The number of nitrogens with zero attached hydrogens (tertiary/aromatic N) is 2. The van der Waals surface area contributed by atoms with Crippen LogP contribution in [0.1, 0.15) is 26.7 Å². The van der Waals surface area contributed by atoms with Crippen LogP contribution in [0, 0.1) is 0 Å². The maximum absolute atomic E-state index is 4.16. The molecule has 0 spiro atoms. The Kier molecular flexibility index (Phi) is 7.44. The normalized spacial score (nSPS) is 12.9. The van der Waals surface area contributed by atoms with E-state index in [9.17, 15) is 0 Å². The van der Waals surface area contributed by atoms with Gasteiger partial charge in [0.05, 0.1) is 0 Å². The van der Waals surface area contributed by atoms with E-state index in [2.05, 4.69) is 29.4 Å². The molecule has 0 aromatic carbocycles. The SMILES string of the molecule is CCCC(CSc1nnc(SC)s1)NCC. The quantitative estimate of drug-likeness (QED) is 0.739. The minimum Gasteiger partial charge on any atom is -0.313 e. The summed E-state index contributed by atoms with van der Waals surface area (Å²) < 4.78 is 2.14. The Balaban J connectivity index is 2.35. The minimum atomic E-state index is 0.599. The smallest absolute Gasteiger partial charge is 0.175 e. The summed E-state index contributed by atoms with van der Waals surface area (Å²) >= 11 is 5.16. The Morgan fingerprint density at radius 3 is 2.62 bits per heavy atom. The Morgan fingerprint density at radius 2 is 2.06 bits per heavy atom. The van der Waals surface area contributed by atoms with E-state index < -0.39 is 0 Å². The molecule has 16 heavy (non-hydrogen) atoms. The summed E-state index contributed by atoms with van der Waals surface area (Å²) in [5.41, 5.74) is 0. The van der Waals surface area contributed by atoms with E-state index in [0.29, 0.717) is 6.04 Å². The highest BCUT2D eigenvalue weighted by molar-refractivity contribution is 8.03. The third-order valence-corrected chi connectivity index (χ3v) is 5.30. The molecule has 0 aliphatic carbocycles. The van der Waals surface area contributed by atoms with Gasteiger partial charge in [-0.15, -0.1) is 10.2 Å². The summed E-state index contributed by atoms with van der Waals surface area (Å²) in [6, 6.07) is 0.599. The summed E-state index contributed by atoms with van der Waals surface area (Å²) in [4.78, 5) is 0. The van der Waals surface area contributed by atoms with Gasteiger partial charge >= 0.3 is 0 Å². The first kappa shape index (κ1) is 14.3. The molecule has 1 atom stereocenters. The van der Waals surface area contributed by atoms with Crippen molar-refractivity contribution in [2.75, 3.05) is 18.6 Å². The lowest BCUT2D eigenvalue weighted by atomic mass is 10.2. The van der Waals surface area contributed by atoms with Crippen LogP contribution in [-0.2, 0) is 0 Å². The van der Waals surface area contributed by atoms with Gasteiger partial charge in [-0.2, -0.15) is 0 Å². The second-order valence-corrected chi connectivity index (χ2v) is 6.69. The Hall–Kier alpha value is 0.220. The number of aromatic nitrogens is 2. The first-order valence-electron chi connectivity index (χ1n) is 5.53. The van der Waals surface area contributed by atoms with E-state index in [0.717, 1.165) is 21.0 Å². The fraction of sp³-hybridized carbons (Fsp3) is 0.800. The van der Waals surface area contributed by atoms with Crippen LogP contribution >= 0.6 is 34.9 Å². The van der Waals surface area contributed by atoms with Crippen molar-refractivity contribution in [2.24, 2.45) is 0 Å². The van der Waals surface area contributed by atoms with Gasteiger partial charge in [-0.3, -0.25) is 0 Å². The van der Waals surface area contributed by atoms with Gasteiger partial charge in [0, 0.05) is 11.8 Å². The molecule has 1 N–H and O–H groups in total. The van der Waals surface area contributed by atoms with Crippen molar-refractivity contribution in [1.29, 1.82) is 0 Å². The predicted molar refractivity (Wildman–Crippen MR) is 74.8 cm³/mol. The summed E-state index contributed by atoms with van der Waals surface area (Å²) in [6.45, 7) is 5.42. The Bertz CT molecular complexity index is 285.